The molecule has 0 fully saturated rings. The molecule has 0 heterocycles. The van der Waals surface area contributed by atoms with Gasteiger partial charge in [-0.25, -0.2) is 13.2 Å². The van der Waals surface area contributed by atoms with Crippen LogP contribution in [0.15, 0.2) is 53.4 Å². The van der Waals surface area contributed by atoms with Crippen LogP contribution in [0, 0.1) is 12.8 Å². The zero-order valence-electron chi connectivity index (χ0n) is 19.5. The third-order valence-electron chi connectivity index (χ3n) is 5.32. The van der Waals surface area contributed by atoms with Crippen molar-refractivity contribution in [3.63, 3.8) is 0 Å². The molecule has 0 bridgehead atoms. The number of carboxylic acids is 1. The molecule has 0 aromatic heterocycles. The molecule has 0 aliphatic rings. The van der Waals surface area contributed by atoms with Gasteiger partial charge in [-0.05, 0) is 44.5 Å². The Balaban J connectivity index is 2.27. The molecule has 0 amide bonds. The van der Waals surface area contributed by atoms with Crippen molar-refractivity contribution in [1.82, 2.24) is 0 Å². The fraction of sp³-hybridized carbons (Fsp3) is 0.440. The number of benzene rings is 2. The van der Waals surface area contributed by atoms with Crippen molar-refractivity contribution in [2.24, 2.45) is 5.92 Å². The zero-order valence-corrected chi connectivity index (χ0v) is 21.2. The number of carbonyl (C=O) groups is 2. The number of aryl methyl sites for hydroxylation is 1. The number of ketones is 1. The van der Waals surface area contributed by atoms with Crippen LogP contribution in [0.3, 0.4) is 0 Å². The first kappa shape index (κ1) is 27.1. The predicted molar refractivity (Wildman–Crippen MR) is 132 cm³/mol. The maximum Gasteiger partial charge on any atom is 0.335 e. The quantitative estimate of drug-likeness (QED) is 0.313. The van der Waals surface area contributed by atoms with E-state index in [1.54, 1.807) is 36.0 Å². The highest BCUT2D eigenvalue weighted by Crippen LogP contribution is 2.32. The molecule has 0 saturated carbocycles. The van der Waals surface area contributed by atoms with E-state index in [1.165, 1.54) is 24.3 Å². The number of Topliss-reactive ketones (excluding diaryl/α,β-unsaturated/α-hetero) is 1. The van der Waals surface area contributed by atoms with Crippen LogP contribution in [0.2, 0.25) is 0 Å². The van der Waals surface area contributed by atoms with E-state index in [9.17, 15) is 18.0 Å². The molecular weight excluding hydrogens is 460 g/mol. The van der Waals surface area contributed by atoms with Gasteiger partial charge in [0.05, 0.1) is 16.2 Å². The Kier molecular flexibility index (Phi) is 9.70. The molecule has 2 rings (SSSR count). The monoisotopic (exact) mass is 492 g/mol. The predicted octanol–water partition coefficient (Wildman–Crippen LogP) is 4.90. The van der Waals surface area contributed by atoms with Crippen LogP contribution < -0.4 is 0 Å². The Labute approximate surface area is 200 Å². The van der Waals surface area contributed by atoms with E-state index >= 15 is 0 Å². The highest BCUT2D eigenvalue weighted by atomic mass is 32.2. The number of hydrogen-bond acceptors (Lipinski definition) is 6. The molecule has 0 saturated heterocycles. The Morgan fingerprint density at radius 2 is 1.61 bits per heavy atom. The van der Waals surface area contributed by atoms with Gasteiger partial charge in [-0.2, -0.15) is 11.8 Å². The normalized spacial score (nSPS) is 13.0. The van der Waals surface area contributed by atoms with E-state index in [-0.39, 0.29) is 26.7 Å². The molecule has 2 aromatic rings. The average molecular weight is 493 g/mol. The third kappa shape index (κ3) is 8.28. The molecule has 6 nitrogen and oxygen atoms in total. The fourth-order valence-electron chi connectivity index (χ4n) is 3.18. The van der Waals surface area contributed by atoms with Crippen LogP contribution >= 0.6 is 11.8 Å². The fourth-order valence-corrected chi connectivity index (χ4v) is 6.02. The summed E-state index contributed by atoms with van der Waals surface area (Å²) >= 11 is 1.55. The second kappa shape index (κ2) is 11.8. The molecule has 8 heteroatoms. The van der Waals surface area contributed by atoms with E-state index in [0.717, 1.165) is 12.0 Å². The molecule has 0 aliphatic carbocycles. The number of carboxylic acid groups (broad SMARTS) is 1. The third-order valence-corrected chi connectivity index (χ3v) is 8.70. The van der Waals surface area contributed by atoms with Gasteiger partial charge in [0.1, 0.15) is 0 Å². The van der Waals surface area contributed by atoms with Crippen LogP contribution in [0.1, 0.15) is 53.5 Å². The van der Waals surface area contributed by atoms with Crippen LogP contribution in [-0.2, 0) is 14.6 Å². The molecule has 180 valence electrons. The molecule has 1 atom stereocenters. The van der Waals surface area contributed by atoms with E-state index in [2.05, 4.69) is 0 Å². The van der Waals surface area contributed by atoms with Gasteiger partial charge in [0.2, 0.25) is 0 Å². The molecule has 33 heavy (non-hydrogen) atoms. The van der Waals surface area contributed by atoms with E-state index in [1.807, 2.05) is 27.7 Å². The van der Waals surface area contributed by atoms with Crippen LogP contribution in [-0.4, -0.2) is 54.7 Å². The van der Waals surface area contributed by atoms with Crippen molar-refractivity contribution >= 4 is 33.4 Å². The largest absolute Gasteiger partial charge is 0.478 e. The number of aromatic carboxylic acids is 1. The molecule has 1 N–H and O–H groups in total. The minimum atomic E-state index is -3.69. The summed E-state index contributed by atoms with van der Waals surface area (Å²) in [6, 6.07) is 12.2. The summed E-state index contributed by atoms with van der Waals surface area (Å²) < 4.78 is 31.5. The van der Waals surface area contributed by atoms with Gasteiger partial charge in [-0.3, -0.25) is 4.79 Å². The lowest BCUT2D eigenvalue weighted by Crippen LogP contribution is -2.29. The van der Waals surface area contributed by atoms with Crippen molar-refractivity contribution in [2.75, 3.05) is 24.7 Å². The van der Waals surface area contributed by atoms with Gasteiger partial charge < -0.3 is 9.84 Å². The molecule has 0 spiro atoms. The Hall–Kier alpha value is -2.16. The average Bonchev–Trinajstić information content (AvgIpc) is 2.76. The summed E-state index contributed by atoms with van der Waals surface area (Å²) in [5.74, 6) is -2.16. The van der Waals surface area contributed by atoms with Crippen LogP contribution in [0.25, 0.3) is 0 Å². The van der Waals surface area contributed by atoms with Crippen molar-refractivity contribution in [3.8, 4) is 0 Å². The zero-order chi connectivity index (χ0) is 24.6. The second-order valence-corrected chi connectivity index (χ2v) is 12.3. The lowest BCUT2D eigenvalue weighted by atomic mass is 10.00. The van der Waals surface area contributed by atoms with Crippen molar-refractivity contribution < 1.29 is 27.9 Å². The van der Waals surface area contributed by atoms with Crippen LogP contribution in [0.4, 0.5) is 0 Å². The number of carbonyl (C=O) groups excluding carboxylic acids is 1. The van der Waals surface area contributed by atoms with Crippen molar-refractivity contribution in [3.05, 3.63) is 65.2 Å². The molecule has 2 aromatic carbocycles. The summed E-state index contributed by atoms with van der Waals surface area (Å²) in [6.07, 6.45) is 0.768. The number of ether oxygens (including phenoxy) is 1. The highest BCUT2D eigenvalue weighted by Gasteiger charge is 2.30. The topological polar surface area (TPSA) is 97.7 Å². The Morgan fingerprint density at radius 3 is 2.15 bits per heavy atom. The summed E-state index contributed by atoms with van der Waals surface area (Å²) in [5, 5.41) is 9.11. The maximum atomic E-state index is 13.3. The van der Waals surface area contributed by atoms with E-state index in [4.69, 9.17) is 9.84 Å². The lowest BCUT2D eigenvalue weighted by molar-refractivity contribution is 0.0696. The van der Waals surface area contributed by atoms with E-state index < -0.39 is 21.7 Å². The smallest absolute Gasteiger partial charge is 0.335 e. The minimum absolute atomic E-state index is 0.0711. The van der Waals surface area contributed by atoms with E-state index in [0.29, 0.717) is 24.5 Å². The van der Waals surface area contributed by atoms with Crippen LogP contribution in [0.5, 0.6) is 0 Å². The molecule has 0 radical (unpaired) electrons. The summed E-state index contributed by atoms with van der Waals surface area (Å²) in [7, 11) is -3.69. The first-order chi connectivity index (χ1) is 15.4. The lowest BCUT2D eigenvalue weighted by Gasteiger charge is -2.26. The van der Waals surface area contributed by atoms with Crippen molar-refractivity contribution in [2.45, 2.75) is 43.8 Å². The van der Waals surface area contributed by atoms with Gasteiger partial charge in [0.15, 0.2) is 15.6 Å². The van der Waals surface area contributed by atoms with Gasteiger partial charge in [-0.1, -0.05) is 43.7 Å². The number of sulfone groups is 1. The molecule has 1 unspecified atom stereocenters. The first-order valence-electron chi connectivity index (χ1n) is 10.8. The van der Waals surface area contributed by atoms with Gasteiger partial charge >= 0.3 is 5.97 Å². The number of hydrogen-bond donors (Lipinski definition) is 1. The second-order valence-electron chi connectivity index (χ2n) is 8.56. The summed E-state index contributed by atoms with van der Waals surface area (Å²) in [5.41, 5.74) is 1.32. The number of thioether (sulfide) groups is 1. The highest BCUT2D eigenvalue weighted by molar-refractivity contribution is 8.00. The standard InChI is InChI=1S/C25H32O6S2/c1-5-31-15-14-25(3,4)32-16-21(17-33(29,30)22-12-6-18(2)7-13-22)23(26)19-8-10-20(11-9-19)24(27)28/h6-13,21H,5,14-17H2,1-4H3,(H,27,28). The van der Waals surface area contributed by atoms with Gasteiger partial charge in [-0.15, -0.1) is 0 Å². The van der Waals surface area contributed by atoms with Crippen molar-refractivity contribution in [1.29, 1.82) is 0 Å². The first-order valence-corrected chi connectivity index (χ1v) is 13.5. The Morgan fingerprint density at radius 1 is 1.03 bits per heavy atom. The van der Waals surface area contributed by atoms with Gasteiger partial charge in [0.25, 0.3) is 0 Å². The van der Waals surface area contributed by atoms with Gasteiger partial charge in [0, 0.05) is 35.2 Å². The SMILES string of the molecule is CCOCCC(C)(C)SCC(CS(=O)(=O)c1ccc(C)cc1)C(=O)c1ccc(C(=O)O)cc1. The Bertz CT molecular complexity index is 1040. The number of rotatable bonds is 13. The summed E-state index contributed by atoms with van der Waals surface area (Å²) in [6.45, 7) is 9.13. The maximum absolute atomic E-state index is 13.3. The minimum Gasteiger partial charge on any atom is -0.478 e. The molecule has 0 aliphatic heterocycles. The molecular formula is C25H32O6S2. The summed E-state index contributed by atoms with van der Waals surface area (Å²) in [4.78, 5) is 24.6.